The van der Waals surface area contributed by atoms with E-state index in [2.05, 4.69) is 53.3 Å². The van der Waals surface area contributed by atoms with E-state index in [0.717, 1.165) is 69.2 Å². The molecule has 206 valence electrons. The molecule has 0 spiro atoms. The van der Waals surface area contributed by atoms with Crippen LogP contribution in [0.2, 0.25) is 10.0 Å². The van der Waals surface area contributed by atoms with Gasteiger partial charge in [0.2, 0.25) is 0 Å². The number of anilines is 2. The summed E-state index contributed by atoms with van der Waals surface area (Å²) in [7, 11) is 2.94. The number of fused-ring (bicyclic) bond motifs is 1. The van der Waals surface area contributed by atoms with E-state index < -0.39 is 5.91 Å². The Balaban J connectivity index is 1.40. The summed E-state index contributed by atoms with van der Waals surface area (Å²) in [4.78, 5) is 27.1. The molecule has 1 amide bonds. The topological polar surface area (TPSA) is 91.9 Å². The molecule has 4 rings (SSSR count). The largest absolute Gasteiger partial charge is 0.494 e. The van der Waals surface area contributed by atoms with Crippen molar-refractivity contribution in [3.05, 3.63) is 31.8 Å². The van der Waals surface area contributed by atoms with Gasteiger partial charge in [-0.2, -0.15) is 0 Å². The van der Waals surface area contributed by atoms with Gasteiger partial charge in [0.25, 0.3) is 5.91 Å². The molecule has 2 N–H and O–H groups in total. The Morgan fingerprint density at radius 1 is 1.08 bits per heavy atom. The maximum atomic E-state index is 13.3. The van der Waals surface area contributed by atoms with Gasteiger partial charge in [-0.25, -0.2) is 9.97 Å². The van der Waals surface area contributed by atoms with Crippen LogP contribution in [-0.2, 0) is 0 Å². The van der Waals surface area contributed by atoms with Gasteiger partial charge in [-0.3, -0.25) is 4.79 Å². The first-order chi connectivity index (χ1) is 18.4. The van der Waals surface area contributed by atoms with Gasteiger partial charge in [0.15, 0.2) is 11.5 Å². The first-order valence-electron chi connectivity index (χ1n) is 12.4. The molecule has 1 aromatic carbocycles. The highest BCUT2D eigenvalue weighted by atomic mass is 79.9. The van der Waals surface area contributed by atoms with Crippen LogP contribution in [-0.4, -0.2) is 85.7 Å². The van der Waals surface area contributed by atoms with Crippen LogP contribution in [0, 0.1) is 0 Å². The van der Waals surface area contributed by atoms with E-state index in [1.54, 1.807) is 5.38 Å². The van der Waals surface area contributed by atoms with Crippen LogP contribution in [0.3, 0.4) is 0 Å². The average molecular weight is 646 g/mol. The van der Waals surface area contributed by atoms with Crippen molar-refractivity contribution in [3.63, 3.8) is 0 Å². The molecule has 0 atom stereocenters. The molecule has 1 aliphatic rings. The van der Waals surface area contributed by atoms with E-state index in [0.29, 0.717) is 27.1 Å². The van der Waals surface area contributed by atoms with Crippen LogP contribution in [0.4, 0.5) is 11.5 Å². The maximum absolute atomic E-state index is 13.3. The molecule has 3 heterocycles. The Hall–Kier alpha value is -1.89. The molecule has 38 heavy (non-hydrogen) atoms. The molecule has 1 fully saturated rings. The normalized spacial score (nSPS) is 14.6. The molecular weight excluding hydrogens is 615 g/mol. The standard InChI is InChI=1S/C25H31BrCl2N6O3S/c1-4-33-9-11-34(12-10-33)8-6-5-7-29-24-23-19(30-14-31-24)15(13-38-23)25(35)32-20-17(27)21(36-2)16(26)22(37-3)18(20)28/h13-14H,4-12H2,1-3H3,(H,32,35)(H,29,30,31). The molecule has 1 saturated heterocycles. The monoisotopic (exact) mass is 644 g/mol. The zero-order valence-corrected chi connectivity index (χ0v) is 25.5. The van der Waals surface area contributed by atoms with Crippen LogP contribution in [0.15, 0.2) is 16.2 Å². The van der Waals surface area contributed by atoms with Crippen LogP contribution >= 0.6 is 50.5 Å². The maximum Gasteiger partial charge on any atom is 0.258 e. The molecule has 0 unspecified atom stereocenters. The minimum absolute atomic E-state index is 0.155. The molecule has 3 aromatic rings. The fourth-order valence-corrected chi connectivity index (χ4v) is 6.99. The second kappa shape index (κ2) is 13.5. The van der Waals surface area contributed by atoms with Crippen molar-refractivity contribution >= 4 is 78.1 Å². The summed E-state index contributed by atoms with van der Waals surface area (Å²) in [5.74, 6) is 0.920. The number of methoxy groups -OCH3 is 2. The lowest BCUT2D eigenvalue weighted by atomic mass is 10.2. The molecule has 1 aliphatic heterocycles. The quantitative estimate of drug-likeness (QED) is 0.251. The number of piperazine rings is 1. The number of carbonyl (C=O) groups is 1. The third-order valence-corrected chi connectivity index (χ3v) is 9.00. The van der Waals surface area contributed by atoms with Gasteiger partial charge in [-0.05, 0) is 41.9 Å². The Kier molecular flexibility index (Phi) is 10.3. The smallest absolute Gasteiger partial charge is 0.258 e. The highest BCUT2D eigenvalue weighted by molar-refractivity contribution is 9.10. The number of thiophene rings is 1. The van der Waals surface area contributed by atoms with Crippen molar-refractivity contribution in [2.45, 2.75) is 19.8 Å². The molecule has 13 heteroatoms. The molecule has 2 aromatic heterocycles. The Bertz CT molecular complexity index is 1250. The van der Waals surface area contributed by atoms with E-state index in [1.165, 1.54) is 31.9 Å². The molecule has 0 bridgehead atoms. The lowest BCUT2D eigenvalue weighted by molar-refractivity contribution is 0.102. The van der Waals surface area contributed by atoms with Crippen molar-refractivity contribution in [1.82, 2.24) is 19.8 Å². The summed E-state index contributed by atoms with van der Waals surface area (Å²) in [6, 6.07) is 0. The molecular formula is C25H31BrCl2N6O3S. The summed E-state index contributed by atoms with van der Waals surface area (Å²) in [5, 5.41) is 8.28. The number of aromatic nitrogens is 2. The summed E-state index contributed by atoms with van der Waals surface area (Å²) in [5.41, 5.74) is 1.15. The first kappa shape index (κ1) is 29.1. The highest BCUT2D eigenvalue weighted by Gasteiger charge is 2.25. The lowest BCUT2D eigenvalue weighted by Gasteiger charge is -2.33. The van der Waals surface area contributed by atoms with Crippen molar-refractivity contribution in [3.8, 4) is 11.5 Å². The van der Waals surface area contributed by atoms with Gasteiger partial charge < -0.3 is 29.9 Å². The number of likely N-dealkylation sites (N-methyl/N-ethyl adjacent to an activating group) is 1. The van der Waals surface area contributed by atoms with Crippen LogP contribution in [0.5, 0.6) is 11.5 Å². The van der Waals surface area contributed by atoms with Gasteiger partial charge >= 0.3 is 0 Å². The number of rotatable bonds is 11. The van der Waals surface area contributed by atoms with E-state index in [4.69, 9.17) is 32.7 Å². The van der Waals surface area contributed by atoms with E-state index >= 15 is 0 Å². The van der Waals surface area contributed by atoms with Crippen molar-refractivity contribution in [1.29, 1.82) is 0 Å². The van der Waals surface area contributed by atoms with Gasteiger partial charge in [0.05, 0.1) is 35.7 Å². The number of benzene rings is 1. The average Bonchev–Trinajstić information content (AvgIpc) is 3.37. The van der Waals surface area contributed by atoms with Crippen molar-refractivity contribution in [2.75, 3.05) is 70.7 Å². The Labute approximate surface area is 244 Å². The minimum atomic E-state index is -0.403. The fraction of sp³-hybridized carbons (Fsp3) is 0.480. The van der Waals surface area contributed by atoms with E-state index in [1.807, 2.05) is 0 Å². The summed E-state index contributed by atoms with van der Waals surface area (Å²) >= 11 is 17.8. The van der Waals surface area contributed by atoms with Gasteiger partial charge in [0, 0.05) is 38.1 Å². The van der Waals surface area contributed by atoms with Crippen molar-refractivity contribution < 1.29 is 14.3 Å². The Morgan fingerprint density at radius 3 is 2.37 bits per heavy atom. The summed E-state index contributed by atoms with van der Waals surface area (Å²) < 4.78 is 12.0. The van der Waals surface area contributed by atoms with Crippen LogP contribution in [0.1, 0.15) is 30.1 Å². The minimum Gasteiger partial charge on any atom is -0.494 e. The second-order valence-electron chi connectivity index (χ2n) is 8.80. The van der Waals surface area contributed by atoms with Gasteiger partial charge in [-0.15, -0.1) is 11.3 Å². The molecule has 0 aliphatic carbocycles. The molecule has 0 radical (unpaired) electrons. The SMILES string of the molecule is CCN1CCN(CCCCNc2ncnc3c(C(=O)Nc4c(Cl)c(OC)c(Br)c(OC)c4Cl)csc23)CC1. The first-order valence-corrected chi connectivity index (χ1v) is 14.8. The number of halogens is 3. The number of nitrogens with one attached hydrogen (secondary N) is 2. The van der Waals surface area contributed by atoms with Crippen LogP contribution < -0.4 is 20.1 Å². The van der Waals surface area contributed by atoms with Gasteiger partial charge in [0.1, 0.15) is 26.7 Å². The number of hydrogen-bond donors (Lipinski definition) is 2. The van der Waals surface area contributed by atoms with E-state index in [9.17, 15) is 4.79 Å². The third kappa shape index (κ3) is 6.29. The Morgan fingerprint density at radius 2 is 1.74 bits per heavy atom. The predicted molar refractivity (Wildman–Crippen MR) is 159 cm³/mol. The number of unbranched alkanes of at least 4 members (excludes halogenated alkanes) is 1. The van der Waals surface area contributed by atoms with E-state index in [-0.39, 0.29) is 15.7 Å². The number of amides is 1. The van der Waals surface area contributed by atoms with Crippen molar-refractivity contribution in [2.24, 2.45) is 0 Å². The van der Waals surface area contributed by atoms with Crippen LogP contribution in [0.25, 0.3) is 10.2 Å². The van der Waals surface area contributed by atoms with Gasteiger partial charge in [-0.1, -0.05) is 30.1 Å². The molecule has 0 saturated carbocycles. The lowest BCUT2D eigenvalue weighted by Crippen LogP contribution is -2.46. The third-order valence-electron chi connectivity index (χ3n) is 6.59. The summed E-state index contributed by atoms with van der Waals surface area (Å²) in [6.45, 7) is 9.85. The second-order valence-corrected chi connectivity index (χ2v) is 11.2. The highest BCUT2D eigenvalue weighted by Crippen LogP contribution is 2.50. The predicted octanol–water partition coefficient (Wildman–Crippen LogP) is 5.86. The number of carbonyl (C=O) groups excluding carboxylic acids is 1. The molecule has 9 nitrogen and oxygen atoms in total. The zero-order chi connectivity index (χ0) is 27.2. The zero-order valence-electron chi connectivity index (χ0n) is 21.6. The summed E-state index contributed by atoms with van der Waals surface area (Å²) in [6.07, 6.45) is 3.61. The fourth-order valence-electron chi connectivity index (χ4n) is 4.40. The number of hydrogen-bond acceptors (Lipinski definition) is 9. The number of ether oxygens (including phenoxy) is 2. The number of nitrogens with zero attached hydrogens (tertiary/aromatic N) is 4.